The molecule has 0 saturated heterocycles. The molecule has 3 aliphatic rings. The quantitative estimate of drug-likeness (QED) is 0.802. The molecule has 2 heterocycles. The highest BCUT2D eigenvalue weighted by Gasteiger charge is 2.44. The zero-order valence-corrected chi connectivity index (χ0v) is 15.1. The highest BCUT2D eigenvalue weighted by atomic mass is 35.5. The average Bonchev–Trinajstić information content (AvgIpc) is 2.89. The first-order valence-electron chi connectivity index (χ1n) is 7.82. The van der Waals surface area contributed by atoms with E-state index < -0.39 is 15.8 Å². The number of carbonyl (C=O) groups is 1. The SMILES string of the molecule is O=C1CCC2=C1C(c1ccc(Cl)c(Cl)c1)C1=C(CCCS1(=O)=O)N2. The highest BCUT2D eigenvalue weighted by molar-refractivity contribution is 7.95. The normalized spacial score (nSPS) is 25.4. The molecule has 0 fully saturated rings. The zero-order valence-electron chi connectivity index (χ0n) is 12.7. The number of benzene rings is 1. The molecule has 0 bridgehead atoms. The summed E-state index contributed by atoms with van der Waals surface area (Å²) in [5.41, 5.74) is 2.85. The van der Waals surface area contributed by atoms with E-state index in [0.29, 0.717) is 51.8 Å². The maximum absolute atomic E-state index is 12.8. The highest BCUT2D eigenvalue weighted by Crippen LogP contribution is 2.48. The fourth-order valence-electron chi connectivity index (χ4n) is 3.80. The van der Waals surface area contributed by atoms with E-state index in [1.807, 2.05) is 0 Å². The molecule has 7 heteroatoms. The van der Waals surface area contributed by atoms with Crippen LogP contribution in [-0.2, 0) is 14.6 Å². The fraction of sp³-hybridized carbons (Fsp3) is 0.353. The topological polar surface area (TPSA) is 63.2 Å². The van der Waals surface area contributed by atoms with Crippen molar-refractivity contribution in [2.24, 2.45) is 0 Å². The van der Waals surface area contributed by atoms with Crippen molar-refractivity contribution in [1.29, 1.82) is 0 Å². The van der Waals surface area contributed by atoms with Gasteiger partial charge in [-0.3, -0.25) is 4.79 Å². The summed E-state index contributed by atoms with van der Waals surface area (Å²) in [6, 6.07) is 5.08. The molecule has 1 aromatic carbocycles. The molecule has 0 spiro atoms. The van der Waals surface area contributed by atoms with Gasteiger partial charge < -0.3 is 5.32 Å². The zero-order chi connectivity index (χ0) is 17.1. The predicted octanol–water partition coefficient (Wildman–Crippen LogP) is 3.72. The van der Waals surface area contributed by atoms with E-state index in [0.717, 1.165) is 11.4 Å². The number of rotatable bonds is 1. The van der Waals surface area contributed by atoms with E-state index in [1.54, 1.807) is 18.2 Å². The maximum Gasteiger partial charge on any atom is 0.177 e. The van der Waals surface area contributed by atoms with Crippen molar-refractivity contribution >= 4 is 38.8 Å². The lowest BCUT2D eigenvalue weighted by Gasteiger charge is -2.33. The molecule has 1 unspecified atom stereocenters. The van der Waals surface area contributed by atoms with E-state index >= 15 is 0 Å². The van der Waals surface area contributed by atoms with Gasteiger partial charge in [0.05, 0.1) is 26.6 Å². The Labute approximate surface area is 150 Å². The molecule has 0 radical (unpaired) electrons. The Hall–Kier alpha value is -1.30. The van der Waals surface area contributed by atoms with Gasteiger partial charge in [0, 0.05) is 23.4 Å². The molecule has 4 nitrogen and oxygen atoms in total. The number of sulfone groups is 1. The molecule has 24 heavy (non-hydrogen) atoms. The third kappa shape index (κ3) is 2.41. The molecule has 0 aromatic heterocycles. The van der Waals surface area contributed by atoms with Crippen molar-refractivity contribution < 1.29 is 13.2 Å². The number of ketones is 1. The molecule has 0 amide bonds. The van der Waals surface area contributed by atoms with Crippen LogP contribution in [0.2, 0.25) is 10.0 Å². The largest absolute Gasteiger partial charge is 0.361 e. The van der Waals surface area contributed by atoms with Crippen molar-refractivity contribution in [2.75, 3.05) is 5.75 Å². The first-order chi connectivity index (χ1) is 11.4. The van der Waals surface area contributed by atoms with Gasteiger partial charge in [-0.1, -0.05) is 29.3 Å². The second kappa shape index (κ2) is 5.61. The Bertz CT molecular complexity index is 931. The van der Waals surface area contributed by atoms with Crippen LogP contribution in [0.1, 0.15) is 37.2 Å². The van der Waals surface area contributed by atoms with E-state index in [2.05, 4.69) is 5.32 Å². The van der Waals surface area contributed by atoms with Gasteiger partial charge >= 0.3 is 0 Å². The van der Waals surface area contributed by atoms with E-state index in [-0.39, 0.29) is 11.5 Å². The standard InChI is InChI=1S/C17H15Cl2NO3S/c18-10-4-3-9(8-11(10)19)15-16-12(5-6-14(16)21)20-13-2-1-7-24(22,23)17(13)15/h3-4,8,15,20H,1-2,5-7H2. The van der Waals surface area contributed by atoms with E-state index in [9.17, 15) is 13.2 Å². The Balaban J connectivity index is 1.96. The van der Waals surface area contributed by atoms with Gasteiger partial charge in [0.15, 0.2) is 15.6 Å². The fourth-order valence-corrected chi connectivity index (χ4v) is 5.99. The molecule has 1 N–H and O–H groups in total. The molecule has 1 atom stereocenters. The number of halogens is 2. The second-order valence-electron chi connectivity index (χ2n) is 6.31. The van der Waals surface area contributed by atoms with Crippen molar-refractivity contribution in [1.82, 2.24) is 5.32 Å². The van der Waals surface area contributed by atoms with Crippen LogP contribution in [-0.4, -0.2) is 20.0 Å². The third-order valence-corrected chi connectivity index (χ3v) is 7.55. The molecule has 1 aliphatic carbocycles. The van der Waals surface area contributed by atoms with Gasteiger partial charge in [0.1, 0.15) is 0 Å². The van der Waals surface area contributed by atoms with Crippen LogP contribution in [0.15, 0.2) is 40.1 Å². The first kappa shape index (κ1) is 16.2. The molecule has 1 aromatic rings. The minimum Gasteiger partial charge on any atom is -0.361 e. The summed E-state index contributed by atoms with van der Waals surface area (Å²) in [6.45, 7) is 0. The van der Waals surface area contributed by atoms with Gasteiger partial charge in [-0.05, 0) is 37.0 Å². The van der Waals surface area contributed by atoms with Crippen LogP contribution in [0, 0.1) is 0 Å². The lowest BCUT2D eigenvalue weighted by molar-refractivity contribution is -0.115. The number of hydrogen-bond acceptors (Lipinski definition) is 4. The number of hydrogen-bond donors (Lipinski definition) is 1. The molecule has 0 saturated carbocycles. The summed E-state index contributed by atoms with van der Waals surface area (Å²) < 4.78 is 25.5. The van der Waals surface area contributed by atoms with Crippen LogP contribution in [0.4, 0.5) is 0 Å². The molecular weight excluding hydrogens is 369 g/mol. The van der Waals surface area contributed by atoms with Crippen LogP contribution in [0.3, 0.4) is 0 Å². The monoisotopic (exact) mass is 383 g/mol. The molecule has 2 aliphatic heterocycles. The van der Waals surface area contributed by atoms with Crippen molar-refractivity contribution in [3.63, 3.8) is 0 Å². The Morgan fingerprint density at radius 2 is 1.83 bits per heavy atom. The lowest BCUT2D eigenvalue weighted by atomic mass is 9.85. The molecular formula is C17H15Cl2NO3S. The average molecular weight is 384 g/mol. The predicted molar refractivity (Wildman–Crippen MR) is 93.7 cm³/mol. The summed E-state index contributed by atoms with van der Waals surface area (Å²) >= 11 is 12.1. The van der Waals surface area contributed by atoms with Crippen LogP contribution < -0.4 is 5.32 Å². The number of dihydropyridines is 1. The Morgan fingerprint density at radius 3 is 2.58 bits per heavy atom. The molecule has 4 rings (SSSR count). The third-order valence-electron chi connectivity index (χ3n) is 4.83. The Morgan fingerprint density at radius 1 is 1.04 bits per heavy atom. The van der Waals surface area contributed by atoms with E-state index in [1.165, 1.54) is 0 Å². The van der Waals surface area contributed by atoms with Gasteiger partial charge in [-0.2, -0.15) is 0 Å². The number of carbonyl (C=O) groups excluding carboxylic acids is 1. The maximum atomic E-state index is 12.8. The number of nitrogens with one attached hydrogen (secondary N) is 1. The summed E-state index contributed by atoms with van der Waals surface area (Å²) in [5.74, 6) is -0.463. The Kier molecular flexibility index (Phi) is 3.79. The summed E-state index contributed by atoms with van der Waals surface area (Å²) in [7, 11) is -3.41. The van der Waals surface area contributed by atoms with Crippen LogP contribution >= 0.6 is 23.2 Å². The van der Waals surface area contributed by atoms with Gasteiger partial charge in [0.2, 0.25) is 0 Å². The van der Waals surface area contributed by atoms with E-state index in [4.69, 9.17) is 23.2 Å². The summed E-state index contributed by atoms with van der Waals surface area (Å²) in [4.78, 5) is 12.8. The lowest BCUT2D eigenvalue weighted by Crippen LogP contribution is -2.33. The minimum absolute atomic E-state index is 0.000830. The second-order valence-corrected chi connectivity index (χ2v) is 9.20. The minimum atomic E-state index is -3.41. The van der Waals surface area contributed by atoms with Gasteiger partial charge in [0.25, 0.3) is 0 Å². The van der Waals surface area contributed by atoms with Crippen molar-refractivity contribution in [2.45, 2.75) is 31.6 Å². The first-order valence-corrected chi connectivity index (χ1v) is 10.2. The number of Topliss-reactive ketones (excluding diaryl/α,β-unsaturated/α-hetero) is 1. The van der Waals surface area contributed by atoms with Gasteiger partial charge in [-0.25, -0.2) is 8.42 Å². The van der Waals surface area contributed by atoms with Crippen LogP contribution in [0.25, 0.3) is 0 Å². The molecule has 126 valence electrons. The van der Waals surface area contributed by atoms with Crippen molar-refractivity contribution in [3.8, 4) is 0 Å². The van der Waals surface area contributed by atoms with Crippen molar-refractivity contribution in [3.05, 3.63) is 55.7 Å². The summed E-state index contributed by atoms with van der Waals surface area (Å²) in [6.07, 6.45) is 2.31. The smallest absolute Gasteiger partial charge is 0.177 e. The number of allylic oxidation sites excluding steroid dienone is 4. The summed E-state index contributed by atoms with van der Waals surface area (Å²) in [5, 5.41) is 3.99. The van der Waals surface area contributed by atoms with Crippen LogP contribution in [0.5, 0.6) is 0 Å². The van der Waals surface area contributed by atoms with Gasteiger partial charge in [-0.15, -0.1) is 0 Å².